The second-order valence-corrected chi connectivity index (χ2v) is 6.73. The van der Waals surface area contributed by atoms with Gasteiger partial charge in [0.25, 0.3) is 0 Å². The minimum Gasteiger partial charge on any atom is -0.356 e. The van der Waals surface area contributed by atoms with Crippen molar-refractivity contribution in [3.05, 3.63) is 23.9 Å². The maximum atomic E-state index is 12.8. The molecular weight excluding hydrogens is 333 g/mol. The Labute approximate surface area is 145 Å². The van der Waals surface area contributed by atoms with Crippen molar-refractivity contribution in [2.24, 2.45) is 5.92 Å². The lowest BCUT2D eigenvalue weighted by Gasteiger charge is -2.34. The summed E-state index contributed by atoms with van der Waals surface area (Å²) in [6.07, 6.45) is -0.741. The van der Waals surface area contributed by atoms with Gasteiger partial charge in [-0.25, -0.2) is 4.98 Å². The van der Waals surface area contributed by atoms with Crippen LogP contribution in [0.2, 0.25) is 0 Å². The number of hydrogen-bond acceptors (Lipinski definition) is 4. The van der Waals surface area contributed by atoms with Crippen LogP contribution >= 0.6 is 0 Å². The molecule has 3 heterocycles. The molecule has 25 heavy (non-hydrogen) atoms. The molecule has 1 aromatic heterocycles. The van der Waals surface area contributed by atoms with Crippen LogP contribution in [0.1, 0.15) is 31.4 Å². The highest BCUT2D eigenvalue weighted by atomic mass is 19.4. The number of rotatable bonds is 4. The van der Waals surface area contributed by atoms with Gasteiger partial charge in [0.15, 0.2) is 0 Å². The van der Waals surface area contributed by atoms with E-state index in [9.17, 15) is 18.0 Å². The third kappa shape index (κ3) is 4.62. The van der Waals surface area contributed by atoms with Gasteiger partial charge in [-0.15, -0.1) is 0 Å². The number of amides is 1. The van der Waals surface area contributed by atoms with Gasteiger partial charge in [0.1, 0.15) is 11.5 Å². The van der Waals surface area contributed by atoms with Crippen LogP contribution in [0, 0.1) is 5.92 Å². The largest absolute Gasteiger partial charge is 0.433 e. The van der Waals surface area contributed by atoms with Gasteiger partial charge >= 0.3 is 6.18 Å². The Hall–Kier alpha value is -1.83. The quantitative estimate of drug-likeness (QED) is 0.868. The average Bonchev–Trinajstić information content (AvgIpc) is 3.14. The highest BCUT2D eigenvalue weighted by Crippen LogP contribution is 2.30. The van der Waals surface area contributed by atoms with Crippen LogP contribution in [-0.4, -0.2) is 43.1 Å². The summed E-state index contributed by atoms with van der Waals surface area (Å²) in [5.74, 6) is 0.588. The Bertz CT molecular complexity index is 602. The van der Waals surface area contributed by atoms with Crippen molar-refractivity contribution in [3.63, 3.8) is 0 Å². The van der Waals surface area contributed by atoms with E-state index >= 15 is 0 Å². The molecule has 2 unspecified atom stereocenters. The monoisotopic (exact) mass is 356 g/mol. The van der Waals surface area contributed by atoms with Crippen molar-refractivity contribution in [2.45, 2.75) is 37.9 Å². The Balaban J connectivity index is 1.56. The zero-order valence-corrected chi connectivity index (χ0v) is 14.0. The maximum absolute atomic E-state index is 12.8. The second kappa shape index (κ2) is 7.59. The Morgan fingerprint density at radius 1 is 1.32 bits per heavy atom. The van der Waals surface area contributed by atoms with Crippen LogP contribution in [0.4, 0.5) is 19.0 Å². The van der Waals surface area contributed by atoms with Gasteiger partial charge < -0.3 is 15.5 Å². The summed E-state index contributed by atoms with van der Waals surface area (Å²) in [4.78, 5) is 17.7. The SMILES string of the molecule is O=C(NCC1CCCN(c2cccc(C(F)(F)F)n2)C1)C1CCCN1. The van der Waals surface area contributed by atoms with E-state index in [4.69, 9.17) is 0 Å². The molecule has 2 fully saturated rings. The molecule has 8 heteroatoms. The molecule has 2 N–H and O–H groups in total. The number of piperidine rings is 1. The number of alkyl halides is 3. The topological polar surface area (TPSA) is 57.3 Å². The minimum atomic E-state index is -4.44. The molecule has 0 bridgehead atoms. The highest BCUT2D eigenvalue weighted by molar-refractivity contribution is 5.82. The first-order valence-corrected chi connectivity index (χ1v) is 8.74. The van der Waals surface area contributed by atoms with Gasteiger partial charge in [0, 0.05) is 19.6 Å². The van der Waals surface area contributed by atoms with Gasteiger partial charge in [-0.2, -0.15) is 13.2 Å². The fourth-order valence-electron chi connectivity index (χ4n) is 3.47. The molecule has 2 atom stereocenters. The van der Waals surface area contributed by atoms with Crippen molar-refractivity contribution in [1.82, 2.24) is 15.6 Å². The molecule has 3 rings (SSSR count). The van der Waals surface area contributed by atoms with E-state index in [0.29, 0.717) is 25.5 Å². The number of aromatic nitrogens is 1. The van der Waals surface area contributed by atoms with Crippen LogP contribution in [0.5, 0.6) is 0 Å². The fourth-order valence-corrected chi connectivity index (χ4v) is 3.47. The minimum absolute atomic E-state index is 0.0202. The van der Waals surface area contributed by atoms with E-state index in [1.54, 1.807) is 6.07 Å². The van der Waals surface area contributed by atoms with E-state index < -0.39 is 11.9 Å². The van der Waals surface area contributed by atoms with E-state index in [2.05, 4.69) is 15.6 Å². The van der Waals surface area contributed by atoms with Crippen molar-refractivity contribution in [1.29, 1.82) is 0 Å². The number of nitrogens with one attached hydrogen (secondary N) is 2. The molecule has 5 nitrogen and oxygen atoms in total. The number of anilines is 1. The van der Waals surface area contributed by atoms with Crippen LogP contribution in [0.15, 0.2) is 18.2 Å². The van der Waals surface area contributed by atoms with Crippen molar-refractivity contribution in [2.75, 3.05) is 31.1 Å². The lowest BCUT2D eigenvalue weighted by Crippen LogP contribution is -2.45. The number of hydrogen-bond donors (Lipinski definition) is 2. The number of halogens is 3. The predicted molar refractivity (Wildman–Crippen MR) is 88.2 cm³/mol. The van der Waals surface area contributed by atoms with E-state index in [0.717, 1.165) is 38.3 Å². The summed E-state index contributed by atoms with van der Waals surface area (Å²) < 4.78 is 38.5. The molecule has 0 radical (unpaired) electrons. The van der Waals surface area contributed by atoms with E-state index in [-0.39, 0.29) is 17.9 Å². The van der Waals surface area contributed by atoms with Gasteiger partial charge in [-0.05, 0) is 50.3 Å². The molecule has 0 saturated carbocycles. The van der Waals surface area contributed by atoms with Gasteiger partial charge in [0.2, 0.25) is 5.91 Å². The standard InChI is InChI=1S/C17H23F3N4O/c18-17(19,20)14-6-1-7-15(23-14)24-9-3-4-12(11-24)10-22-16(25)13-5-2-8-21-13/h1,6-7,12-13,21H,2-5,8-11H2,(H,22,25). The molecule has 138 valence electrons. The van der Waals surface area contributed by atoms with Gasteiger partial charge in [0.05, 0.1) is 6.04 Å². The van der Waals surface area contributed by atoms with Gasteiger partial charge in [-0.1, -0.05) is 6.07 Å². The molecule has 0 spiro atoms. The summed E-state index contributed by atoms with van der Waals surface area (Å²) in [7, 11) is 0. The molecule has 1 aromatic rings. The smallest absolute Gasteiger partial charge is 0.356 e. The van der Waals surface area contributed by atoms with E-state index in [1.165, 1.54) is 6.07 Å². The van der Waals surface area contributed by atoms with Crippen molar-refractivity contribution in [3.8, 4) is 0 Å². The molecule has 2 aliphatic heterocycles. The maximum Gasteiger partial charge on any atom is 0.433 e. The fraction of sp³-hybridized carbons (Fsp3) is 0.647. The summed E-state index contributed by atoms with van der Waals surface area (Å²) >= 11 is 0. The molecule has 2 saturated heterocycles. The Morgan fingerprint density at radius 2 is 2.16 bits per heavy atom. The number of carbonyl (C=O) groups is 1. The summed E-state index contributed by atoms with van der Waals surface area (Å²) in [6.45, 7) is 2.71. The van der Waals surface area contributed by atoms with Crippen LogP contribution in [0.25, 0.3) is 0 Å². The van der Waals surface area contributed by atoms with Crippen LogP contribution in [-0.2, 0) is 11.0 Å². The highest BCUT2D eigenvalue weighted by Gasteiger charge is 2.33. The lowest BCUT2D eigenvalue weighted by atomic mass is 9.97. The third-order valence-electron chi connectivity index (χ3n) is 4.81. The molecule has 2 aliphatic rings. The Morgan fingerprint density at radius 3 is 2.88 bits per heavy atom. The number of carbonyl (C=O) groups excluding carboxylic acids is 1. The molecule has 1 amide bonds. The zero-order valence-electron chi connectivity index (χ0n) is 14.0. The summed E-state index contributed by atoms with van der Waals surface area (Å²) in [6, 6.07) is 3.88. The first-order chi connectivity index (χ1) is 11.9. The van der Waals surface area contributed by atoms with Crippen LogP contribution < -0.4 is 15.5 Å². The molecule has 0 aromatic carbocycles. The first-order valence-electron chi connectivity index (χ1n) is 8.74. The first kappa shape index (κ1) is 18.0. The van der Waals surface area contributed by atoms with Crippen molar-refractivity contribution >= 4 is 11.7 Å². The zero-order chi connectivity index (χ0) is 17.9. The van der Waals surface area contributed by atoms with E-state index in [1.807, 2.05) is 4.90 Å². The predicted octanol–water partition coefficient (Wildman–Crippen LogP) is 2.19. The number of pyridine rings is 1. The normalized spacial score (nSPS) is 24.4. The summed E-state index contributed by atoms with van der Waals surface area (Å²) in [5, 5.41) is 6.13. The second-order valence-electron chi connectivity index (χ2n) is 6.73. The number of nitrogens with zero attached hydrogens (tertiary/aromatic N) is 2. The molecular formula is C17H23F3N4O. The van der Waals surface area contributed by atoms with Crippen LogP contribution in [0.3, 0.4) is 0 Å². The lowest BCUT2D eigenvalue weighted by molar-refractivity contribution is -0.141. The summed E-state index contributed by atoms with van der Waals surface area (Å²) in [5.41, 5.74) is -0.868. The average molecular weight is 356 g/mol. The van der Waals surface area contributed by atoms with Gasteiger partial charge in [-0.3, -0.25) is 4.79 Å². The Kier molecular flexibility index (Phi) is 5.46. The van der Waals surface area contributed by atoms with Crippen molar-refractivity contribution < 1.29 is 18.0 Å². The molecule has 0 aliphatic carbocycles. The third-order valence-corrected chi connectivity index (χ3v) is 4.81.